The largest absolute Gasteiger partial charge is 0.493 e. The first-order chi connectivity index (χ1) is 21.4. The number of amides is 1. The maximum absolute atomic E-state index is 15.2. The number of carbonyl (C=O) groups is 1. The molecule has 0 saturated heterocycles. The van der Waals surface area contributed by atoms with Gasteiger partial charge < -0.3 is 29.6 Å². The van der Waals surface area contributed by atoms with E-state index in [1.165, 1.54) is 19.2 Å². The van der Waals surface area contributed by atoms with Gasteiger partial charge >= 0.3 is 0 Å². The zero-order valence-corrected chi connectivity index (χ0v) is 24.6. The number of rotatable bonds is 9. The highest BCUT2D eigenvalue weighted by Crippen LogP contribution is 2.49. The summed E-state index contributed by atoms with van der Waals surface area (Å²) in [5.74, 6) is -1.10. The van der Waals surface area contributed by atoms with Crippen LogP contribution in [-0.2, 0) is 19.3 Å². The van der Waals surface area contributed by atoms with Crippen molar-refractivity contribution in [2.45, 2.75) is 25.3 Å². The van der Waals surface area contributed by atoms with Gasteiger partial charge in [-0.1, -0.05) is 30.3 Å². The predicted molar refractivity (Wildman–Crippen MR) is 165 cm³/mol. The lowest BCUT2D eigenvalue weighted by atomic mass is 9.81. The lowest BCUT2D eigenvalue weighted by Gasteiger charge is -2.26. The second kappa shape index (κ2) is 12.0. The molecule has 0 saturated carbocycles. The summed E-state index contributed by atoms with van der Waals surface area (Å²) in [6, 6.07) is 16.4. The number of aromatic nitrogens is 1. The van der Waals surface area contributed by atoms with Gasteiger partial charge in [0.1, 0.15) is 0 Å². The minimum absolute atomic E-state index is 0.0224. The van der Waals surface area contributed by atoms with Crippen LogP contribution in [0.15, 0.2) is 66.9 Å². The number of hydrogen-bond acceptors (Lipinski definition) is 5. The molecule has 1 aliphatic carbocycles. The van der Waals surface area contributed by atoms with Crippen molar-refractivity contribution in [2.24, 2.45) is 0 Å². The van der Waals surface area contributed by atoms with Gasteiger partial charge in [-0.3, -0.25) is 4.79 Å². The van der Waals surface area contributed by atoms with Crippen LogP contribution in [0.25, 0.3) is 33.2 Å². The topological polar surface area (TPSA) is 92.8 Å². The van der Waals surface area contributed by atoms with Gasteiger partial charge in [-0.25, -0.2) is 8.78 Å². The number of fused-ring (bicyclic) bond motifs is 4. The molecular weight excluding hydrogens is 566 g/mol. The Morgan fingerprint density at radius 1 is 0.909 bits per heavy atom. The van der Waals surface area contributed by atoms with Gasteiger partial charge in [0.25, 0.3) is 5.91 Å². The first-order valence-electron chi connectivity index (χ1n) is 14.3. The van der Waals surface area contributed by atoms with Crippen LogP contribution < -0.4 is 19.5 Å². The van der Waals surface area contributed by atoms with Crippen LogP contribution in [0.4, 0.5) is 8.78 Å². The number of para-hydroxylation sites is 1. The summed E-state index contributed by atoms with van der Waals surface area (Å²) in [7, 11) is 4.63. The Labute approximate surface area is 253 Å². The molecule has 7 nitrogen and oxygen atoms in total. The van der Waals surface area contributed by atoms with E-state index in [0.717, 1.165) is 44.8 Å². The van der Waals surface area contributed by atoms with E-state index in [2.05, 4.69) is 10.3 Å². The van der Waals surface area contributed by atoms with Crippen molar-refractivity contribution in [3.05, 3.63) is 101 Å². The minimum atomic E-state index is -1.04. The minimum Gasteiger partial charge on any atom is -0.493 e. The molecule has 0 spiro atoms. The number of methoxy groups -OCH3 is 3. The number of aliphatic hydroxyl groups is 1. The van der Waals surface area contributed by atoms with Gasteiger partial charge in [0.15, 0.2) is 23.1 Å². The van der Waals surface area contributed by atoms with Crippen molar-refractivity contribution in [2.75, 3.05) is 27.9 Å². The number of ether oxygens (including phenoxy) is 3. The normalized spacial score (nSPS) is 12.8. The highest BCUT2D eigenvalue weighted by molar-refractivity contribution is 6.03. The first kappa shape index (κ1) is 29.2. The summed E-state index contributed by atoms with van der Waals surface area (Å²) in [5, 5.41) is 14.2. The molecule has 4 aromatic carbocycles. The highest BCUT2D eigenvalue weighted by Gasteiger charge is 2.29. The van der Waals surface area contributed by atoms with E-state index < -0.39 is 23.6 Å². The molecule has 1 aliphatic rings. The fourth-order valence-electron chi connectivity index (χ4n) is 6.18. The Morgan fingerprint density at radius 2 is 1.70 bits per heavy atom. The van der Waals surface area contributed by atoms with Crippen molar-refractivity contribution in [3.8, 4) is 39.5 Å². The first-order valence-corrected chi connectivity index (χ1v) is 14.3. The third kappa shape index (κ3) is 5.03. The summed E-state index contributed by atoms with van der Waals surface area (Å²) in [6.45, 7) is -0.323. The Kier molecular flexibility index (Phi) is 7.97. The standard InChI is InChI=1S/C35H32F2N2O5/c1-42-31-16-27-24(33(43-2)34(31)44-3)12-11-19-14-26(23-8-6-9-29(36)32(23)37)28(15-25(19)27)35(41)39-21(18-40)13-20-17-38-30-10-5-4-7-22(20)30/h4-10,14-17,21,38,40H,11-13,18H2,1-3H3,(H,39,41). The molecule has 9 heteroatoms. The van der Waals surface area contributed by atoms with Crippen molar-refractivity contribution in [1.29, 1.82) is 0 Å². The molecular formula is C35H32F2N2O5. The maximum Gasteiger partial charge on any atom is 0.252 e. The van der Waals surface area contributed by atoms with Crippen LogP contribution >= 0.6 is 0 Å². The van der Waals surface area contributed by atoms with E-state index in [9.17, 15) is 14.3 Å². The number of carbonyl (C=O) groups excluding carboxylic acids is 1. The number of nitrogens with one attached hydrogen (secondary N) is 2. The van der Waals surface area contributed by atoms with Gasteiger partial charge in [0.2, 0.25) is 5.75 Å². The smallest absolute Gasteiger partial charge is 0.252 e. The van der Waals surface area contributed by atoms with Gasteiger partial charge in [0.05, 0.1) is 34.0 Å². The van der Waals surface area contributed by atoms with Crippen molar-refractivity contribution in [3.63, 3.8) is 0 Å². The second-order valence-electron chi connectivity index (χ2n) is 10.7. The van der Waals surface area contributed by atoms with Crippen LogP contribution in [0.3, 0.4) is 0 Å². The summed E-state index contributed by atoms with van der Waals surface area (Å²) in [4.78, 5) is 17.2. The highest BCUT2D eigenvalue weighted by atomic mass is 19.2. The van der Waals surface area contributed by atoms with E-state index >= 15 is 4.39 Å². The average Bonchev–Trinajstić information content (AvgIpc) is 3.46. The number of hydrogen-bond donors (Lipinski definition) is 3. The van der Waals surface area contributed by atoms with Gasteiger partial charge in [-0.05, 0) is 77.4 Å². The predicted octanol–water partition coefficient (Wildman–Crippen LogP) is 6.24. The monoisotopic (exact) mass is 598 g/mol. The number of H-pyrrole nitrogens is 1. The fraction of sp³-hybridized carbons (Fsp3) is 0.229. The summed E-state index contributed by atoms with van der Waals surface area (Å²) >= 11 is 0. The molecule has 6 rings (SSSR count). The second-order valence-corrected chi connectivity index (χ2v) is 10.7. The van der Waals surface area contributed by atoms with Crippen LogP contribution in [0.2, 0.25) is 0 Å². The number of halogens is 2. The molecule has 0 fully saturated rings. The van der Waals surface area contributed by atoms with Crippen molar-refractivity contribution >= 4 is 16.8 Å². The molecule has 1 aromatic heterocycles. The van der Waals surface area contributed by atoms with Crippen LogP contribution in [0.5, 0.6) is 17.2 Å². The van der Waals surface area contributed by atoms with Gasteiger partial charge in [-0.2, -0.15) is 0 Å². The number of aryl methyl sites for hydroxylation is 1. The lowest BCUT2D eigenvalue weighted by Crippen LogP contribution is -2.39. The van der Waals surface area contributed by atoms with E-state index in [4.69, 9.17) is 14.2 Å². The average molecular weight is 599 g/mol. The molecule has 0 radical (unpaired) electrons. The summed E-state index contributed by atoms with van der Waals surface area (Å²) in [5.41, 5.74) is 5.55. The molecule has 1 atom stereocenters. The number of benzene rings is 4. The zero-order chi connectivity index (χ0) is 31.0. The quantitative estimate of drug-likeness (QED) is 0.187. The van der Waals surface area contributed by atoms with Crippen LogP contribution in [-0.4, -0.2) is 50.0 Å². The Hall–Kier alpha value is -4.89. The zero-order valence-electron chi connectivity index (χ0n) is 24.6. The molecule has 1 unspecified atom stereocenters. The molecule has 0 aliphatic heterocycles. The Morgan fingerprint density at radius 3 is 2.45 bits per heavy atom. The Bertz CT molecular complexity index is 1880. The lowest BCUT2D eigenvalue weighted by molar-refractivity contribution is 0.0917. The summed E-state index contributed by atoms with van der Waals surface area (Å²) < 4.78 is 46.6. The van der Waals surface area contributed by atoms with Gasteiger partial charge in [0, 0.05) is 33.8 Å². The Balaban J connectivity index is 1.47. The molecule has 1 heterocycles. The third-order valence-electron chi connectivity index (χ3n) is 8.29. The van der Waals surface area contributed by atoms with Crippen LogP contribution in [0.1, 0.15) is 27.0 Å². The van der Waals surface area contributed by atoms with Gasteiger partial charge in [-0.15, -0.1) is 0 Å². The van der Waals surface area contributed by atoms with Crippen molar-refractivity contribution in [1.82, 2.24) is 10.3 Å². The summed E-state index contributed by atoms with van der Waals surface area (Å²) in [6.07, 6.45) is 3.38. The molecule has 3 N–H and O–H groups in total. The fourth-order valence-corrected chi connectivity index (χ4v) is 6.18. The SMILES string of the molecule is COc1cc2c(c(OC)c1OC)CCc1cc(-c3cccc(F)c3F)c(C(=O)NC(CO)Cc3c[nH]c4ccccc34)cc1-2. The van der Waals surface area contributed by atoms with Crippen LogP contribution in [0, 0.1) is 11.6 Å². The van der Waals surface area contributed by atoms with E-state index in [1.807, 2.05) is 36.5 Å². The molecule has 226 valence electrons. The molecule has 5 aromatic rings. The number of aromatic amines is 1. The molecule has 1 amide bonds. The van der Waals surface area contributed by atoms with E-state index in [0.29, 0.717) is 36.5 Å². The third-order valence-corrected chi connectivity index (χ3v) is 8.29. The number of aliphatic hydroxyl groups excluding tert-OH is 1. The van der Waals surface area contributed by atoms with E-state index in [1.54, 1.807) is 26.4 Å². The van der Waals surface area contributed by atoms with Crippen molar-refractivity contribution < 1.29 is 32.9 Å². The van der Waals surface area contributed by atoms with E-state index in [-0.39, 0.29) is 23.3 Å². The molecule has 0 bridgehead atoms. The molecule has 44 heavy (non-hydrogen) atoms. The maximum atomic E-state index is 15.2.